The lowest BCUT2D eigenvalue weighted by Gasteiger charge is -1.94. The van der Waals surface area contributed by atoms with E-state index in [2.05, 4.69) is 38.5 Å². The van der Waals surface area contributed by atoms with Crippen molar-refractivity contribution >= 4 is 21.6 Å². The highest BCUT2D eigenvalue weighted by molar-refractivity contribution is 7.18. The smallest absolute Gasteiger partial charge is 0.103 e. The summed E-state index contributed by atoms with van der Waals surface area (Å²) in [5.41, 5.74) is 2.79. The molecule has 0 aliphatic carbocycles. The lowest BCUT2D eigenvalue weighted by atomic mass is 10.2. The molecule has 0 bridgehead atoms. The van der Waals surface area contributed by atoms with E-state index in [-0.39, 0.29) is 0 Å². The third-order valence-electron chi connectivity index (χ3n) is 2.60. The van der Waals surface area contributed by atoms with Crippen molar-refractivity contribution in [3.63, 3.8) is 0 Å². The van der Waals surface area contributed by atoms with Gasteiger partial charge in [-0.05, 0) is 32.4 Å². The van der Waals surface area contributed by atoms with Crippen LogP contribution in [0.5, 0.6) is 0 Å². The number of thiophene rings is 1. The minimum absolute atomic E-state index is 1.35. The van der Waals surface area contributed by atoms with Crippen LogP contribution in [0.3, 0.4) is 0 Å². The van der Waals surface area contributed by atoms with Gasteiger partial charge in [0.2, 0.25) is 0 Å². The Morgan fingerprint density at radius 3 is 2.50 bits per heavy atom. The summed E-state index contributed by atoms with van der Waals surface area (Å²) in [4.78, 5) is 2.85. The Balaban J connectivity index is 2.93. The fraction of sp³-hybridized carbons (Fsp3) is 0.400. The van der Waals surface area contributed by atoms with Crippen LogP contribution in [0.4, 0.5) is 0 Å². The molecule has 0 aromatic carbocycles. The summed E-state index contributed by atoms with van der Waals surface area (Å²) in [5, 5.41) is 1.43. The van der Waals surface area contributed by atoms with Crippen molar-refractivity contribution in [3.05, 3.63) is 22.2 Å². The third kappa shape index (κ3) is 0.845. The Morgan fingerprint density at radius 1 is 1.25 bits per heavy atom. The highest BCUT2D eigenvalue weighted by Crippen LogP contribution is 2.31. The van der Waals surface area contributed by atoms with Gasteiger partial charge in [-0.15, -0.1) is 11.3 Å². The fourth-order valence-corrected chi connectivity index (χ4v) is 2.67. The molecule has 0 aliphatic heterocycles. The molecule has 0 radical (unpaired) electrons. The predicted octanol–water partition coefficient (Wildman–Crippen LogP) is 3.17. The monoisotopic (exact) mass is 179 g/mol. The van der Waals surface area contributed by atoms with Crippen molar-refractivity contribution in [2.45, 2.75) is 20.8 Å². The Morgan fingerprint density at radius 2 is 1.92 bits per heavy atom. The molecule has 0 saturated carbocycles. The molecule has 0 N–H and O–H groups in total. The predicted molar refractivity (Wildman–Crippen MR) is 55.0 cm³/mol. The van der Waals surface area contributed by atoms with Gasteiger partial charge < -0.3 is 4.57 Å². The molecule has 12 heavy (non-hydrogen) atoms. The first kappa shape index (κ1) is 7.87. The highest BCUT2D eigenvalue weighted by atomic mass is 32.1. The molecule has 0 fully saturated rings. The van der Waals surface area contributed by atoms with Crippen LogP contribution in [0, 0.1) is 20.8 Å². The second-order valence-corrected chi connectivity index (χ2v) is 4.55. The highest BCUT2D eigenvalue weighted by Gasteiger charge is 2.09. The van der Waals surface area contributed by atoms with E-state index < -0.39 is 0 Å². The molecular formula is C10H13NS. The molecule has 2 rings (SSSR count). The van der Waals surface area contributed by atoms with Crippen molar-refractivity contribution in [3.8, 4) is 0 Å². The molecular weight excluding hydrogens is 166 g/mol. The van der Waals surface area contributed by atoms with Crippen LogP contribution in [0.2, 0.25) is 0 Å². The lowest BCUT2D eigenvalue weighted by Crippen LogP contribution is -1.86. The normalized spacial score (nSPS) is 11.3. The Bertz CT molecular complexity index is 392. The van der Waals surface area contributed by atoms with Crippen LogP contribution < -0.4 is 0 Å². The Labute approximate surface area is 76.6 Å². The SMILES string of the molecule is Cc1sc2c(cc(C)n2C)c1C. The molecule has 2 aromatic rings. The summed E-state index contributed by atoms with van der Waals surface area (Å²) in [6.45, 7) is 6.55. The maximum atomic E-state index is 2.27. The van der Waals surface area contributed by atoms with E-state index in [1.807, 2.05) is 11.3 Å². The number of hydrogen-bond donors (Lipinski definition) is 0. The van der Waals surface area contributed by atoms with E-state index in [0.717, 1.165) is 0 Å². The van der Waals surface area contributed by atoms with E-state index in [4.69, 9.17) is 0 Å². The van der Waals surface area contributed by atoms with Crippen LogP contribution in [-0.2, 0) is 7.05 Å². The van der Waals surface area contributed by atoms with Gasteiger partial charge in [0.05, 0.1) is 0 Å². The zero-order chi connectivity index (χ0) is 8.88. The van der Waals surface area contributed by atoms with Gasteiger partial charge in [0.25, 0.3) is 0 Å². The van der Waals surface area contributed by atoms with Crippen molar-refractivity contribution in [1.82, 2.24) is 4.57 Å². The van der Waals surface area contributed by atoms with Crippen molar-refractivity contribution in [1.29, 1.82) is 0 Å². The first-order chi connectivity index (χ1) is 5.61. The number of fused-ring (bicyclic) bond motifs is 1. The lowest BCUT2D eigenvalue weighted by molar-refractivity contribution is 0.925. The molecule has 2 heteroatoms. The molecule has 2 aromatic heterocycles. The van der Waals surface area contributed by atoms with E-state index in [9.17, 15) is 0 Å². The summed E-state index contributed by atoms with van der Waals surface area (Å²) in [6, 6.07) is 2.27. The van der Waals surface area contributed by atoms with Crippen LogP contribution in [0.1, 0.15) is 16.1 Å². The minimum atomic E-state index is 1.35. The van der Waals surface area contributed by atoms with Gasteiger partial charge in [0.1, 0.15) is 4.83 Å². The molecule has 2 heterocycles. The standard InChI is InChI=1S/C10H13NS/c1-6-5-9-7(2)8(3)12-10(9)11(6)4/h5H,1-4H3. The second kappa shape index (κ2) is 2.36. The van der Waals surface area contributed by atoms with Crippen molar-refractivity contribution < 1.29 is 0 Å². The molecule has 0 saturated heterocycles. The first-order valence-corrected chi connectivity index (χ1v) is 4.95. The van der Waals surface area contributed by atoms with Gasteiger partial charge in [0, 0.05) is 23.0 Å². The van der Waals surface area contributed by atoms with E-state index >= 15 is 0 Å². The topological polar surface area (TPSA) is 4.93 Å². The average Bonchev–Trinajstić information content (AvgIpc) is 2.43. The number of hydrogen-bond acceptors (Lipinski definition) is 1. The van der Waals surface area contributed by atoms with Crippen LogP contribution in [0.25, 0.3) is 10.2 Å². The zero-order valence-corrected chi connectivity index (χ0v) is 8.75. The van der Waals surface area contributed by atoms with Crippen LogP contribution >= 0.6 is 11.3 Å². The summed E-state index contributed by atoms with van der Waals surface area (Å²) in [6.07, 6.45) is 0. The summed E-state index contributed by atoms with van der Waals surface area (Å²) in [7, 11) is 2.13. The second-order valence-electron chi connectivity index (χ2n) is 3.35. The van der Waals surface area contributed by atoms with E-state index in [1.54, 1.807) is 0 Å². The molecule has 0 atom stereocenters. The number of aromatic nitrogens is 1. The molecule has 64 valence electrons. The number of rotatable bonds is 0. The van der Waals surface area contributed by atoms with E-state index in [0.29, 0.717) is 0 Å². The largest absolute Gasteiger partial charge is 0.340 e. The first-order valence-electron chi connectivity index (χ1n) is 4.13. The maximum Gasteiger partial charge on any atom is 0.103 e. The summed E-state index contributed by atoms with van der Waals surface area (Å²) >= 11 is 1.89. The summed E-state index contributed by atoms with van der Waals surface area (Å²) < 4.78 is 2.26. The number of nitrogens with zero attached hydrogens (tertiary/aromatic N) is 1. The van der Waals surface area contributed by atoms with Crippen molar-refractivity contribution in [2.24, 2.45) is 7.05 Å². The van der Waals surface area contributed by atoms with Crippen LogP contribution in [0.15, 0.2) is 6.07 Å². The van der Waals surface area contributed by atoms with Gasteiger partial charge in [-0.25, -0.2) is 0 Å². The maximum absolute atomic E-state index is 2.27. The minimum Gasteiger partial charge on any atom is -0.340 e. The van der Waals surface area contributed by atoms with Crippen molar-refractivity contribution in [2.75, 3.05) is 0 Å². The quantitative estimate of drug-likeness (QED) is 0.585. The molecule has 1 nitrogen and oxygen atoms in total. The van der Waals surface area contributed by atoms with Gasteiger partial charge in [-0.3, -0.25) is 0 Å². The Hall–Kier alpha value is -0.760. The molecule has 0 spiro atoms. The molecule has 0 amide bonds. The Kier molecular flexibility index (Phi) is 1.55. The average molecular weight is 179 g/mol. The van der Waals surface area contributed by atoms with Crippen LogP contribution in [-0.4, -0.2) is 4.57 Å². The number of aryl methyl sites for hydroxylation is 4. The zero-order valence-electron chi connectivity index (χ0n) is 7.93. The van der Waals surface area contributed by atoms with E-state index in [1.165, 1.54) is 26.4 Å². The molecule has 0 unspecified atom stereocenters. The summed E-state index contributed by atoms with van der Waals surface area (Å²) in [5.74, 6) is 0. The van der Waals surface area contributed by atoms with Gasteiger partial charge in [-0.1, -0.05) is 0 Å². The third-order valence-corrected chi connectivity index (χ3v) is 3.90. The fourth-order valence-electron chi connectivity index (χ4n) is 1.51. The van der Waals surface area contributed by atoms with Gasteiger partial charge in [0.15, 0.2) is 0 Å². The van der Waals surface area contributed by atoms with Gasteiger partial charge in [-0.2, -0.15) is 0 Å². The molecule has 0 aliphatic rings. The van der Waals surface area contributed by atoms with Gasteiger partial charge >= 0.3 is 0 Å².